The van der Waals surface area contributed by atoms with E-state index in [9.17, 15) is 0 Å². The van der Waals surface area contributed by atoms with Gasteiger partial charge in [0.25, 0.3) is 0 Å². The molecule has 1 aromatic carbocycles. The van der Waals surface area contributed by atoms with Crippen LogP contribution >= 0.6 is 11.8 Å². The van der Waals surface area contributed by atoms with E-state index in [1.165, 1.54) is 12.8 Å². The van der Waals surface area contributed by atoms with Gasteiger partial charge in [-0.3, -0.25) is 0 Å². The van der Waals surface area contributed by atoms with Gasteiger partial charge in [-0.05, 0) is 31.0 Å². The van der Waals surface area contributed by atoms with E-state index in [-0.39, 0.29) is 0 Å². The largest absolute Gasteiger partial charge is 0.497 e. The van der Waals surface area contributed by atoms with E-state index in [2.05, 4.69) is 21.3 Å². The summed E-state index contributed by atoms with van der Waals surface area (Å²) in [4.78, 5) is 0. The van der Waals surface area contributed by atoms with Gasteiger partial charge in [0.15, 0.2) is 5.16 Å². The van der Waals surface area contributed by atoms with Crippen molar-refractivity contribution in [2.24, 2.45) is 0 Å². The number of thioether (sulfide) groups is 1. The first-order valence-electron chi connectivity index (χ1n) is 7.64. The van der Waals surface area contributed by atoms with E-state index in [0.29, 0.717) is 5.92 Å². The van der Waals surface area contributed by atoms with Crippen LogP contribution in [0, 0.1) is 0 Å². The molecule has 0 bridgehead atoms. The maximum atomic E-state index is 5.44. The normalized spacial score (nSPS) is 13.8. The molecule has 122 valence electrons. The first-order valence-corrected chi connectivity index (χ1v) is 8.63. The summed E-state index contributed by atoms with van der Waals surface area (Å²) in [6.45, 7) is 4.59. The van der Waals surface area contributed by atoms with Crippen LogP contribution in [0.5, 0.6) is 11.5 Å². The monoisotopic (exact) mass is 331 g/mol. The molecule has 5 nitrogen and oxygen atoms in total. The minimum Gasteiger partial charge on any atom is -0.497 e. The van der Waals surface area contributed by atoms with Crippen LogP contribution < -0.4 is 9.47 Å². The van der Waals surface area contributed by atoms with Crippen molar-refractivity contribution < 1.29 is 9.47 Å². The number of hydrogen-bond acceptors (Lipinski definition) is 5. The number of benzene rings is 1. The lowest BCUT2D eigenvalue weighted by Crippen LogP contribution is -2.03. The molecule has 3 rings (SSSR count). The van der Waals surface area contributed by atoms with Crippen LogP contribution in [0.3, 0.4) is 0 Å². The molecule has 23 heavy (non-hydrogen) atoms. The van der Waals surface area contributed by atoms with Gasteiger partial charge in [-0.25, -0.2) is 0 Å². The Morgan fingerprint density at radius 1 is 1.30 bits per heavy atom. The van der Waals surface area contributed by atoms with Crippen LogP contribution in [-0.4, -0.2) is 29.0 Å². The second-order valence-corrected chi connectivity index (χ2v) is 6.42. The van der Waals surface area contributed by atoms with Crippen LogP contribution in [0.25, 0.3) is 0 Å². The Labute approximate surface area is 140 Å². The Hall–Kier alpha value is -1.95. The summed E-state index contributed by atoms with van der Waals surface area (Å²) in [5.74, 6) is 4.09. The van der Waals surface area contributed by atoms with Gasteiger partial charge in [-0.1, -0.05) is 17.8 Å². The lowest BCUT2D eigenvalue weighted by Gasteiger charge is -2.11. The second-order valence-electron chi connectivity index (χ2n) is 5.48. The van der Waals surface area contributed by atoms with Crippen molar-refractivity contribution in [3.8, 4) is 11.5 Å². The molecule has 1 fully saturated rings. The third kappa shape index (κ3) is 3.52. The quantitative estimate of drug-likeness (QED) is 0.546. The van der Waals surface area contributed by atoms with Crippen molar-refractivity contribution in [1.29, 1.82) is 0 Å². The molecule has 1 saturated carbocycles. The highest BCUT2D eigenvalue weighted by Gasteiger charge is 2.30. The smallest absolute Gasteiger partial charge is 0.191 e. The molecule has 2 aromatic rings. The third-order valence-electron chi connectivity index (χ3n) is 3.84. The molecule has 1 aliphatic carbocycles. The van der Waals surface area contributed by atoms with Crippen molar-refractivity contribution in [3.05, 3.63) is 42.2 Å². The Morgan fingerprint density at radius 2 is 2.13 bits per heavy atom. The number of hydrogen-bond donors (Lipinski definition) is 0. The molecule has 0 atom stereocenters. The minimum atomic E-state index is 0.572. The zero-order chi connectivity index (χ0) is 16.2. The fourth-order valence-electron chi connectivity index (χ4n) is 2.49. The van der Waals surface area contributed by atoms with Crippen molar-refractivity contribution in [2.45, 2.75) is 36.2 Å². The zero-order valence-corrected chi connectivity index (χ0v) is 14.3. The second kappa shape index (κ2) is 7.08. The van der Waals surface area contributed by atoms with E-state index in [0.717, 1.165) is 40.3 Å². The molecular formula is C17H21N3O2S. The summed E-state index contributed by atoms with van der Waals surface area (Å²) in [5.41, 5.74) is 1.08. The van der Waals surface area contributed by atoms with E-state index in [1.807, 2.05) is 24.3 Å². The summed E-state index contributed by atoms with van der Waals surface area (Å²) in [6.07, 6.45) is 4.32. The molecular weight excluding hydrogens is 310 g/mol. The summed E-state index contributed by atoms with van der Waals surface area (Å²) in [5, 5.41) is 9.67. The van der Waals surface area contributed by atoms with Gasteiger partial charge in [-0.2, -0.15) is 0 Å². The lowest BCUT2D eigenvalue weighted by molar-refractivity contribution is 0.400. The van der Waals surface area contributed by atoms with Crippen LogP contribution in [0.4, 0.5) is 0 Å². The Morgan fingerprint density at radius 3 is 2.78 bits per heavy atom. The fraction of sp³-hybridized carbons (Fsp3) is 0.412. The zero-order valence-electron chi connectivity index (χ0n) is 13.5. The molecule has 0 saturated heterocycles. The van der Waals surface area contributed by atoms with E-state index < -0.39 is 0 Å². The predicted octanol–water partition coefficient (Wildman–Crippen LogP) is 3.65. The van der Waals surface area contributed by atoms with E-state index in [4.69, 9.17) is 9.47 Å². The lowest BCUT2D eigenvalue weighted by atomic mass is 10.2. The number of ether oxygens (including phenoxy) is 2. The highest BCUT2D eigenvalue weighted by Crippen LogP contribution is 2.40. The first-order chi connectivity index (χ1) is 11.3. The van der Waals surface area contributed by atoms with Gasteiger partial charge < -0.3 is 14.0 Å². The van der Waals surface area contributed by atoms with E-state index in [1.54, 1.807) is 26.0 Å². The number of nitrogens with zero attached hydrogens (tertiary/aromatic N) is 3. The molecule has 0 radical (unpaired) electrons. The molecule has 1 aliphatic rings. The number of aromatic nitrogens is 3. The average molecular weight is 331 g/mol. The van der Waals surface area contributed by atoms with Crippen molar-refractivity contribution in [2.75, 3.05) is 14.2 Å². The van der Waals surface area contributed by atoms with Gasteiger partial charge >= 0.3 is 0 Å². The molecule has 1 heterocycles. The average Bonchev–Trinajstić information content (AvgIpc) is 3.35. The molecule has 1 aromatic heterocycles. The van der Waals surface area contributed by atoms with Crippen LogP contribution in [-0.2, 0) is 12.3 Å². The Kier molecular flexibility index (Phi) is 4.91. The molecule has 6 heteroatoms. The molecule has 0 aliphatic heterocycles. The summed E-state index contributed by atoms with van der Waals surface area (Å²) < 4.78 is 12.9. The first kappa shape index (κ1) is 15.9. The fourth-order valence-corrected chi connectivity index (χ4v) is 3.42. The standard InChI is InChI=1S/C17H21N3O2S/c1-4-9-20-16(12-5-6-12)18-19-17(20)23-11-13-10-14(21-2)7-8-15(13)22-3/h4,7-8,10,12H,1,5-6,9,11H2,2-3H3. The van der Waals surface area contributed by atoms with Crippen LogP contribution in [0.15, 0.2) is 36.0 Å². The van der Waals surface area contributed by atoms with Gasteiger partial charge in [0.05, 0.1) is 14.2 Å². The highest BCUT2D eigenvalue weighted by molar-refractivity contribution is 7.98. The van der Waals surface area contributed by atoms with Gasteiger partial charge in [0.2, 0.25) is 0 Å². The van der Waals surface area contributed by atoms with Crippen molar-refractivity contribution in [1.82, 2.24) is 14.8 Å². The molecule has 0 spiro atoms. The van der Waals surface area contributed by atoms with Crippen LogP contribution in [0.1, 0.15) is 30.1 Å². The third-order valence-corrected chi connectivity index (χ3v) is 4.86. The highest BCUT2D eigenvalue weighted by atomic mass is 32.2. The summed E-state index contributed by atoms with van der Waals surface area (Å²) in [6, 6.07) is 5.83. The van der Waals surface area contributed by atoms with Gasteiger partial charge in [-0.15, -0.1) is 16.8 Å². The molecule has 0 N–H and O–H groups in total. The van der Waals surface area contributed by atoms with Crippen LogP contribution in [0.2, 0.25) is 0 Å². The predicted molar refractivity (Wildman–Crippen MR) is 91.3 cm³/mol. The van der Waals surface area contributed by atoms with Crippen molar-refractivity contribution in [3.63, 3.8) is 0 Å². The molecule has 0 unspecified atom stereocenters. The summed E-state index contributed by atoms with van der Waals surface area (Å²) >= 11 is 1.66. The Bertz CT molecular complexity index is 695. The maximum absolute atomic E-state index is 5.44. The topological polar surface area (TPSA) is 49.2 Å². The van der Waals surface area contributed by atoms with E-state index >= 15 is 0 Å². The number of methoxy groups -OCH3 is 2. The summed E-state index contributed by atoms with van der Waals surface area (Å²) in [7, 11) is 3.35. The van der Waals surface area contributed by atoms with Crippen molar-refractivity contribution >= 4 is 11.8 Å². The minimum absolute atomic E-state index is 0.572. The van der Waals surface area contributed by atoms with Gasteiger partial charge in [0, 0.05) is 23.8 Å². The van der Waals surface area contributed by atoms with Gasteiger partial charge in [0.1, 0.15) is 17.3 Å². The maximum Gasteiger partial charge on any atom is 0.191 e. The molecule has 0 amide bonds. The SMILES string of the molecule is C=CCn1c(SCc2cc(OC)ccc2OC)nnc1C1CC1. The number of rotatable bonds is 8. The Balaban J connectivity index is 1.79. The number of allylic oxidation sites excluding steroid dienone is 1.